The van der Waals surface area contributed by atoms with E-state index in [-0.39, 0.29) is 5.38 Å². The monoisotopic (exact) mass is 328 g/mol. The first-order valence-electron chi connectivity index (χ1n) is 5.70. The topological polar surface area (TPSA) is 27.1 Å². The summed E-state index contributed by atoms with van der Waals surface area (Å²) in [7, 11) is 0. The third-order valence-electron chi connectivity index (χ3n) is 2.50. The zero-order valence-corrected chi connectivity index (χ0v) is 12.4. The van der Waals surface area contributed by atoms with Gasteiger partial charge in [0.25, 0.3) is 0 Å². The van der Waals surface area contributed by atoms with Gasteiger partial charge in [0.05, 0.1) is 18.1 Å². The van der Waals surface area contributed by atoms with Gasteiger partial charge in [0.15, 0.2) is 0 Å². The van der Waals surface area contributed by atoms with E-state index in [1.807, 2.05) is 42.1 Å². The first-order chi connectivity index (χ1) is 8.65. The second-order valence-electron chi connectivity index (χ2n) is 3.96. The highest BCUT2D eigenvalue weighted by Crippen LogP contribution is 2.19. The maximum atomic E-state index is 5.97. The van der Waals surface area contributed by atoms with Crippen LogP contribution in [0.15, 0.2) is 41.1 Å². The van der Waals surface area contributed by atoms with Gasteiger partial charge >= 0.3 is 0 Å². The lowest BCUT2D eigenvalue weighted by Gasteiger charge is -2.06. The van der Waals surface area contributed by atoms with Gasteiger partial charge in [-0.25, -0.2) is 0 Å². The average molecular weight is 330 g/mol. The van der Waals surface area contributed by atoms with Crippen LogP contribution in [0.25, 0.3) is 0 Å². The van der Waals surface area contributed by atoms with Crippen LogP contribution < -0.4 is 4.74 Å². The Morgan fingerprint density at radius 2 is 2.33 bits per heavy atom. The molecule has 1 aromatic heterocycles. The van der Waals surface area contributed by atoms with Crippen molar-refractivity contribution in [2.24, 2.45) is 0 Å². The SMILES string of the molecule is CC(Cl)c1cnn(CCOc2cccc(Br)c2)c1. The van der Waals surface area contributed by atoms with Crippen LogP contribution in [0.5, 0.6) is 5.75 Å². The Hall–Kier alpha value is -1.00. The van der Waals surface area contributed by atoms with Crippen molar-refractivity contribution in [3.8, 4) is 5.75 Å². The molecule has 1 aromatic carbocycles. The minimum atomic E-state index is -0.00949. The van der Waals surface area contributed by atoms with Gasteiger partial charge in [0.2, 0.25) is 0 Å². The van der Waals surface area contributed by atoms with Gasteiger partial charge in [0, 0.05) is 16.2 Å². The number of alkyl halides is 1. The van der Waals surface area contributed by atoms with Crippen molar-refractivity contribution < 1.29 is 4.74 Å². The van der Waals surface area contributed by atoms with Gasteiger partial charge in [-0.05, 0) is 25.1 Å². The van der Waals surface area contributed by atoms with Gasteiger partial charge in [0.1, 0.15) is 12.4 Å². The average Bonchev–Trinajstić information content (AvgIpc) is 2.78. The second kappa shape index (κ2) is 6.25. The summed E-state index contributed by atoms with van der Waals surface area (Å²) >= 11 is 9.38. The number of rotatable bonds is 5. The minimum absolute atomic E-state index is 0.00949. The molecule has 1 unspecified atom stereocenters. The Labute approximate surface area is 120 Å². The molecule has 0 radical (unpaired) electrons. The lowest BCUT2D eigenvalue weighted by molar-refractivity contribution is 0.291. The van der Waals surface area contributed by atoms with Crippen molar-refractivity contribution in [3.05, 3.63) is 46.7 Å². The summed E-state index contributed by atoms with van der Waals surface area (Å²) in [6.07, 6.45) is 3.73. The van der Waals surface area contributed by atoms with Crippen LogP contribution >= 0.6 is 27.5 Å². The van der Waals surface area contributed by atoms with Crippen LogP contribution in [-0.2, 0) is 6.54 Å². The Morgan fingerprint density at radius 1 is 1.50 bits per heavy atom. The predicted octanol–water partition coefficient (Wildman–Crippen LogP) is 4.02. The molecule has 5 heteroatoms. The van der Waals surface area contributed by atoms with Crippen LogP contribution in [0.2, 0.25) is 0 Å². The normalized spacial score (nSPS) is 12.4. The molecule has 0 bridgehead atoms. The molecule has 0 N–H and O–H groups in total. The Kier molecular flexibility index (Phi) is 4.66. The molecule has 1 atom stereocenters. The summed E-state index contributed by atoms with van der Waals surface area (Å²) in [6, 6.07) is 7.78. The maximum absolute atomic E-state index is 5.97. The van der Waals surface area contributed by atoms with E-state index in [2.05, 4.69) is 21.0 Å². The molecule has 0 aliphatic carbocycles. The van der Waals surface area contributed by atoms with Gasteiger partial charge in [-0.3, -0.25) is 4.68 Å². The highest BCUT2D eigenvalue weighted by atomic mass is 79.9. The Morgan fingerprint density at radius 3 is 3.00 bits per heavy atom. The standard InChI is InChI=1S/C13H14BrClN2O/c1-10(15)11-8-16-17(9-11)5-6-18-13-4-2-3-12(14)7-13/h2-4,7-10H,5-6H2,1H3. The van der Waals surface area contributed by atoms with Gasteiger partial charge in [-0.2, -0.15) is 5.10 Å². The van der Waals surface area contributed by atoms with Crippen molar-refractivity contribution >= 4 is 27.5 Å². The van der Waals surface area contributed by atoms with Gasteiger partial charge in [-0.15, -0.1) is 11.6 Å². The van der Waals surface area contributed by atoms with Crippen LogP contribution in [0, 0.1) is 0 Å². The van der Waals surface area contributed by atoms with E-state index < -0.39 is 0 Å². The van der Waals surface area contributed by atoms with E-state index in [0.29, 0.717) is 13.2 Å². The Balaban J connectivity index is 1.84. The number of halogens is 2. The zero-order chi connectivity index (χ0) is 13.0. The van der Waals surface area contributed by atoms with Crippen LogP contribution in [0.3, 0.4) is 0 Å². The summed E-state index contributed by atoms with van der Waals surface area (Å²) in [5, 5.41) is 4.22. The molecule has 2 aromatic rings. The summed E-state index contributed by atoms with van der Waals surface area (Å²) in [4.78, 5) is 0. The fourth-order valence-electron chi connectivity index (χ4n) is 1.52. The predicted molar refractivity (Wildman–Crippen MR) is 76.1 cm³/mol. The Bertz CT molecular complexity index is 513. The molecule has 2 rings (SSSR count). The fraction of sp³-hybridized carbons (Fsp3) is 0.308. The van der Waals surface area contributed by atoms with E-state index in [9.17, 15) is 0 Å². The molecule has 0 aliphatic heterocycles. The smallest absolute Gasteiger partial charge is 0.120 e. The van der Waals surface area contributed by atoms with Gasteiger partial charge in [-0.1, -0.05) is 22.0 Å². The first kappa shape index (κ1) is 13.4. The maximum Gasteiger partial charge on any atom is 0.120 e. The minimum Gasteiger partial charge on any atom is -0.492 e. The summed E-state index contributed by atoms with van der Waals surface area (Å²) in [6.45, 7) is 3.21. The largest absolute Gasteiger partial charge is 0.492 e. The first-order valence-corrected chi connectivity index (χ1v) is 6.93. The lowest BCUT2D eigenvalue weighted by Crippen LogP contribution is -2.08. The molecule has 0 amide bonds. The molecule has 0 saturated heterocycles. The number of aromatic nitrogens is 2. The molecule has 96 valence electrons. The van der Waals surface area contributed by atoms with Crippen LogP contribution in [0.1, 0.15) is 17.9 Å². The molecule has 1 heterocycles. The number of hydrogen-bond acceptors (Lipinski definition) is 2. The van der Waals surface area contributed by atoms with Crippen molar-refractivity contribution in [1.29, 1.82) is 0 Å². The van der Waals surface area contributed by atoms with E-state index in [1.54, 1.807) is 6.20 Å². The van der Waals surface area contributed by atoms with Crippen molar-refractivity contribution in [1.82, 2.24) is 9.78 Å². The fourth-order valence-corrected chi connectivity index (χ4v) is 2.01. The summed E-state index contributed by atoms with van der Waals surface area (Å²) in [5.41, 5.74) is 1.03. The van der Waals surface area contributed by atoms with E-state index in [4.69, 9.17) is 16.3 Å². The highest BCUT2D eigenvalue weighted by Gasteiger charge is 2.04. The summed E-state index contributed by atoms with van der Waals surface area (Å²) in [5.74, 6) is 0.850. The van der Waals surface area contributed by atoms with Crippen molar-refractivity contribution in [3.63, 3.8) is 0 Å². The van der Waals surface area contributed by atoms with Crippen LogP contribution in [0.4, 0.5) is 0 Å². The van der Waals surface area contributed by atoms with E-state index in [1.165, 1.54) is 0 Å². The van der Waals surface area contributed by atoms with E-state index >= 15 is 0 Å². The molecular weight excluding hydrogens is 316 g/mol. The van der Waals surface area contributed by atoms with Crippen LogP contribution in [-0.4, -0.2) is 16.4 Å². The summed E-state index contributed by atoms with van der Waals surface area (Å²) < 4.78 is 8.49. The number of benzene rings is 1. The number of ether oxygens (including phenoxy) is 1. The van der Waals surface area contributed by atoms with E-state index in [0.717, 1.165) is 15.8 Å². The molecule has 0 spiro atoms. The number of nitrogens with zero attached hydrogens (tertiary/aromatic N) is 2. The van der Waals surface area contributed by atoms with Gasteiger partial charge < -0.3 is 4.74 Å². The lowest BCUT2D eigenvalue weighted by atomic mass is 10.3. The molecule has 18 heavy (non-hydrogen) atoms. The second-order valence-corrected chi connectivity index (χ2v) is 5.53. The highest BCUT2D eigenvalue weighted by molar-refractivity contribution is 9.10. The molecule has 0 aliphatic rings. The molecular formula is C13H14BrClN2O. The third kappa shape index (κ3) is 3.75. The van der Waals surface area contributed by atoms with Crippen molar-refractivity contribution in [2.75, 3.05) is 6.61 Å². The molecule has 0 saturated carbocycles. The quantitative estimate of drug-likeness (QED) is 0.775. The third-order valence-corrected chi connectivity index (χ3v) is 3.24. The van der Waals surface area contributed by atoms with Crippen molar-refractivity contribution in [2.45, 2.75) is 18.8 Å². The molecule has 0 fully saturated rings. The zero-order valence-electron chi connectivity index (χ0n) is 10.0. The number of hydrogen-bond donors (Lipinski definition) is 0. The molecule has 3 nitrogen and oxygen atoms in total.